The second kappa shape index (κ2) is 10.7. The van der Waals surface area contributed by atoms with Crippen LogP contribution in [0.1, 0.15) is 106 Å². The molecule has 9 nitrogen and oxygen atoms in total. The van der Waals surface area contributed by atoms with Gasteiger partial charge in [-0.1, -0.05) is 60.1 Å². The van der Waals surface area contributed by atoms with Crippen LogP contribution in [0.3, 0.4) is 0 Å². The third-order valence-electron chi connectivity index (χ3n) is 15.1. The van der Waals surface area contributed by atoms with Crippen molar-refractivity contribution in [1.29, 1.82) is 0 Å². The van der Waals surface area contributed by atoms with Crippen LogP contribution in [0.15, 0.2) is 11.6 Å². The number of allylic oxidation sites excluding steroid dienone is 2. The third-order valence-corrected chi connectivity index (χ3v) is 15.1. The van der Waals surface area contributed by atoms with Crippen molar-refractivity contribution in [2.24, 2.45) is 50.2 Å². The smallest absolute Gasteiger partial charge is 0.317 e. The highest BCUT2D eigenvalue weighted by Crippen LogP contribution is 2.75. The molecule has 9 heteroatoms. The van der Waals surface area contributed by atoms with Crippen LogP contribution >= 0.6 is 0 Å². The molecule has 1 saturated heterocycles. The van der Waals surface area contributed by atoms with E-state index in [2.05, 4.69) is 54.5 Å². The second-order valence-electron chi connectivity index (χ2n) is 18.0. The van der Waals surface area contributed by atoms with Gasteiger partial charge >= 0.3 is 5.97 Å². The summed E-state index contributed by atoms with van der Waals surface area (Å²) >= 11 is 0. The lowest BCUT2D eigenvalue weighted by Gasteiger charge is -2.71. The minimum absolute atomic E-state index is 0.0497. The van der Waals surface area contributed by atoms with Gasteiger partial charge < -0.3 is 40.1 Å². The second-order valence-corrected chi connectivity index (χ2v) is 18.0. The molecule has 256 valence electrons. The number of hydrogen-bond acceptors (Lipinski definition) is 9. The summed E-state index contributed by atoms with van der Waals surface area (Å²) in [5.41, 5.74) is -0.661. The van der Waals surface area contributed by atoms with Crippen LogP contribution < -0.4 is 0 Å². The molecule has 0 aromatic heterocycles. The number of ether oxygens (including phenoxy) is 2. The van der Waals surface area contributed by atoms with Gasteiger partial charge in [0.15, 0.2) is 0 Å². The molecule has 0 spiro atoms. The number of hydrogen-bond donors (Lipinski definition) is 6. The van der Waals surface area contributed by atoms with Crippen LogP contribution in [0.25, 0.3) is 0 Å². The van der Waals surface area contributed by atoms with Gasteiger partial charge in [0.1, 0.15) is 29.8 Å². The highest BCUT2D eigenvalue weighted by Gasteiger charge is 2.71. The fraction of sp³-hybridized carbons (Fsp3) is 0.917. The van der Waals surface area contributed by atoms with E-state index in [-0.39, 0.29) is 39.1 Å². The summed E-state index contributed by atoms with van der Waals surface area (Å²) in [5, 5.41) is 64.3. The van der Waals surface area contributed by atoms with E-state index in [1.54, 1.807) is 0 Å². The van der Waals surface area contributed by atoms with Crippen molar-refractivity contribution < 1.29 is 44.9 Å². The summed E-state index contributed by atoms with van der Waals surface area (Å²) in [7, 11) is 0. The van der Waals surface area contributed by atoms with E-state index in [4.69, 9.17) is 9.47 Å². The van der Waals surface area contributed by atoms with Gasteiger partial charge in [-0.15, -0.1) is 0 Å². The third kappa shape index (κ3) is 4.54. The monoisotopic (exact) mass is 634 g/mol. The fourth-order valence-electron chi connectivity index (χ4n) is 12.1. The Morgan fingerprint density at radius 3 is 2.20 bits per heavy atom. The highest BCUT2D eigenvalue weighted by atomic mass is 16.7. The molecule has 14 atom stereocenters. The minimum atomic E-state index is -1.70. The minimum Gasteiger partial charge on any atom is -0.432 e. The van der Waals surface area contributed by atoms with E-state index in [9.17, 15) is 35.4 Å². The highest BCUT2D eigenvalue weighted by molar-refractivity contribution is 5.80. The first-order valence-corrected chi connectivity index (χ1v) is 17.4. The zero-order valence-corrected chi connectivity index (χ0v) is 28.3. The largest absolute Gasteiger partial charge is 0.432 e. The maximum atomic E-state index is 14.4. The van der Waals surface area contributed by atoms with E-state index in [0.717, 1.165) is 32.1 Å². The van der Waals surface area contributed by atoms with Gasteiger partial charge in [-0.3, -0.25) is 4.79 Å². The van der Waals surface area contributed by atoms with Crippen molar-refractivity contribution in [2.45, 2.75) is 149 Å². The Morgan fingerprint density at radius 1 is 0.844 bits per heavy atom. The summed E-state index contributed by atoms with van der Waals surface area (Å²) in [6, 6.07) is 0. The quantitative estimate of drug-likeness (QED) is 0.202. The van der Waals surface area contributed by atoms with Crippen LogP contribution in [-0.4, -0.2) is 86.1 Å². The predicted molar refractivity (Wildman–Crippen MR) is 166 cm³/mol. The van der Waals surface area contributed by atoms with Crippen molar-refractivity contribution in [3.8, 4) is 0 Å². The first-order valence-electron chi connectivity index (χ1n) is 17.4. The van der Waals surface area contributed by atoms with E-state index in [0.29, 0.717) is 37.5 Å². The molecule has 0 amide bonds. The topological polar surface area (TPSA) is 157 Å². The molecule has 0 aromatic carbocycles. The molecule has 6 rings (SSSR count). The standard InChI is InChI=1S/C36H58O9/c1-31(2)14-15-36(30(43)45-29-28(42)27(41)26(40)21(18-37)44-29)20(16-31)19-8-9-23-33(5)12-11-24(38)32(3,4)22(33)10-13-34(23,6)35(19,7)17-25(36)39/h8,20-29,37-42H,9-18H2,1-7H3/t20-,21+,22-,23+,24-,25+,26-,27-,28+,29-,33-,34+,35+,36+/m0/s1. The van der Waals surface area contributed by atoms with Crippen molar-refractivity contribution in [3.05, 3.63) is 11.6 Å². The lowest BCUT2D eigenvalue weighted by atomic mass is 9.33. The molecule has 1 aliphatic heterocycles. The van der Waals surface area contributed by atoms with Gasteiger partial charge in [0.05, 0.1) is 18.8 Å². The number of esters is 1. The maximum absolute atomic E-state index is 14.4. The normalized spacial score (nSPS) is 53.6. The van der Waals surface area contributed by atoms with Gasteiger partial charge in [0, 0.05) is 0 Å². The van der Waals surface area contributed by atoms with Crippen molar-refractivity contribution in [3.63, 3.8) is 0 Å². The van der Waals surface area contributed by atoms with Gasteiger partial charge in [-0.05, 0) is 103 Å². The SMILES string of the molecule is CC1(C)CC[C@]2(C(=O)O[C@@H]3O[C@H](CO)[C@H](O)[C@H](O)[C@H]3O)[C@H](O)C[C@]3(C)C(=CC[C@@H]4[C@@]5(C)CC[C@H](O)C(C)(C)[C@@H]5CC[C@]43C)[C@@H]2C1. The summed E-state index contributed by atoms with van der Waals surface area (Å²) in [5.74, 6) is -0.157. The van der Waals surface area contributed by atoms with E-state index >= 15 is 0 Å². The first-order chi connectivity index (χ1) is 20.8. The van der Waals surface area contributed by atoms with Crippen LogP contribution in [0.5, 0.6) is 0 Å². The van der Waals surface area contributed by atoms with Crippen molar-refractivity contribution in [1.82, 2.24) is 0 Å². The van der Waals surface area contributed by atoms with Crippen LogP contribution in [0, 0.1) is 50.2 Å². The Labute approximate surface area is 268 Å². The zero-order chi connectivity index (χ0) is 33.1. The molecule has 0 radical (unpaired) electrons. The molecule has 0 unspecified atom stereocenters. The van der Waals surface area contributed by atoms with Crippen LogP contribution in [0.4, 0.5) is 0 Å². The van der Waals surface area contributed by atoms with Gasteiger partial charge in [-0.2, -0.15) is 0 Å². The maximum Gasteiger partial charge on any atom is 0.317 e. The molecular weight excluding hydrogens is 576 g/mol. The fourth-order valence-corrected chi connectivity index (χ4v) is 12.1. The summed E-state index contributed by atoms with van der Waals surface area (Å²) in [6.45, 7) is 15.5. The first kappa shape index (κ1) is 33.8. The van der Waals surface area contributed by atoms with Gasteiger partial charge in [0.2, 0.25) is 6.29 Å². The Morgan fingerprint density at radius 2 is 1.53 bits per heavy atom. The molecule has 5 fully saturated rings. The lowest BCUT2D eigenvalue weighted by molar-refractivity contribution is -0.299. The molecule has 45 heavy (non-hydrogen) atoms. The predicted octanol–water partition coefficient (Wildman–Crippen LogP) is 3.46. The molecule has 4 saturated carbocycles. The average molecular weight is 635 g/mol. The molecule has 0 aromatic rings. The Balaban J connectivity index is 1.38. The number of rotatable bonds is 3. The van der Waals surface area contributed by atoms with Crippen molar-refractivity contribution >= 4 is 5.97 Å². The van der Waals surface area contributed by atoms with Gasteiger partial charge in [0.25, 0.3) is 0 Å². The van der Waals surface area contributed by atoms with Crippen LogP contribution in [0.2, 0.25) is 0 Å². The molecule has 6 aliphatic rings. The molecule has 1 heterocycles. The van der Waals surface area contributed by atoms with E-state index in [1.807, 2.05) is 0 Å². The average Bonchev–Trinajstić information content (AvgIpc) is 2.95. The number of fused-ring (bicyclic) bond motifs is 7. The summed E-state index contributed by atoms with van der Waals surface area (Å²) < 4.78 is 11.4. The van der Waals surface area contributed by atoms with E-state index in [1.165, 1.54) is 5.57 Å². The number of aliphatic hydroxyl groups is 6. The molecule has 0 bridgehead atoms. The summed E-state index contributed by atoms with van der Waals surface area (Å²) in [6.07, 6.45) is 0.341. The lowest BCUT2D eigenvalue weighted by Crippen LogP contribution is -2.68. The van der Waals surface area contributed by atoms with E-state index < -0.39 is 54.8 Å². The number of aliphatic hydroxyl groups excluding tert-OH is 6. The molecule has 5 aliphatic carbocycles. The van der Waals surface area contributed by atoms with Crippen LogP contribution in [-0.2, 0) is 14.3 Å². The molecular formula is C36H58O9. The van der Waals surface area contributed by atoms with Crippen molar-refractivity contribution in [2.75, 3.05) is 6.61 Å². The molecule has 6 N–H and O–H groups in total. The Kier molecular flexibility index (Phi) is 8.05. The Bertz CT molecular complexity index is 1210. The Hall–Kier alpha value is -1.07. The zero-order valence-electron chi connectivity index (χ0n) is 28.3. The number of carbonyl (C=O) groups excluding carboxylic acids is 1. The van der Waals surface area contributed by atoms with Gasteiger partial charge in [-0.25, -0.2) is 0 Å². The summed E-state index contributed by atoms with van der Waals surface area (Å²) in [4.78, 5) is 14.4. The number of carbonyl (C=O) groups is 1.